The number of carbonyl (C=O) groups excluding carboxylic acids is 2. The first-order valence-electron chi connectivity index (χ1n) is 9.88. The van der Waals surface area contributed by atoms with Crippen molar-refractivity contribution < 1.29 is 22.9 Å². The normalized spacial score (nSPS) is 27.5. The summed E-state index contributed by atoms with van der Waals surface area (Å²) in [6.07, 6.45) is 2.66. The molecule has 2 saturated carbocycles. The molecule has 5 nitrogen and oxygen atoms in total. The standard InChI is InChI=1S/C19H34O5SSi/c1-6-22-26(23-7-2,24-8-3)13-9-12-25-14-19-11-10-15(18(19,4)5)16(20)17(19)21/h15H,6-14H2,1-5H3. The summed E-state index contributed by atoms with van der Waals surface area (Å²) in [5.41, 5.74) is -0.650. The molecule has 0 aromatic heterocycles. The van der Waals surface area contributed by atoms with Gasteiger partial charge in [-0.25, -0.2) is 0 Å². The summed E-state index contributed by atoms with van der Waals surface area (Å²) in [5, 5.41) is 0. The second-order valence-corrected chi connectivity index (χ2v) is 11.6. The van der Waals surface area contributed by atoms with E-state index in [0.717, 1.165) is 36.8 Å². The average molecular weight is 403 g/mol. The smallest absolute Gasteiger partial charge is 0.374 e. The van der Waals surface area contributed by atoms with Gasteiger partial charge in [0.25, 0.3) is 0 Å². The van der Waals surface area contributed by atoms with Gasteiger partial charge in [0.2, 0.25) is 11.6 Å². The maximum absolute atomic E-state index is 12.6. The average Bonchev–Trinajstić information content (AvgIpc) is 2.91. The van der Waals surface area contributed by atoms with Gasteiger partial charge in [-0.15, -0.1) is 0 Å². The van der Waals surface area contributed by atoms with Crippen LogP contribution in [0.2, 0.25) is 6.04 Å². The van der Waals surface area contributed by atoms with Crippen molar-refractivity contribution in [3.8, 4) is 0 Å². The van der Waals surface area contributed by atoms with Crippen LogP contribution in [0.5, 0.6) is 0 Å². The number of carbonyl (C=O) groups is 2. The van der Waals surface area contributed by atoms with E-state index in [1.807, 2.05) is 20.8 Å². The lowest BCUT2D eigenvalue weighted by Gasteiger charge is -2.35. The lowest BCUT2D eigenvalue weighted by molar-refractivity contribution is -0.141. The molecule has 0 aliphatic heterocycles. The van der Waals surface area contributed by atoms with Crippen molar-refractivity contribution in [2.75, 3.05) is 31.3 Å². The third kappa shape index (κ3) is 3.83. The number of hydrogen-bond acceptors (Lipinski definition) is 6. The Morgan fingerprint density at radius 1 is 1.08 bits per heavy atom. The number of thioether (sulfide) groups is 1. The minimum Gasteiger partial charge on any atom is -0.374 e. The summed E-state index contributed by atoms with van der Waals surface area (Å²) in [6.45, 7) is 11.9. The molecule has 2 rings (SSSR count). The fourth-order valence-corrected chi connectivity index (χ4v) is 8.99. The van der Waals surface area contributed by atoms with Gasteiger partial charge in [0.05, 0.1) is 5.41 Å². The van der Waals surface area contributed by atoms with Crippen LogP contribution in [-0.4, -0.2) is 51.7 Å². The molecule has 0 spiro atoms. The molecule has 0 aromatic carbocycles. The van der Waals surface area contributed by atoms with E-state index in [1.54, 1.807) is 11.8 Å². The predicted molar refractivity (Wildman–Crippen MR) is 106 cm³/mol. The van der Waals surface area contributed by atoms with Crippen molar-refractivity contribution in [3.05, 3.63) is 0 Å². The van der Waals surface area contributed by atoms with Crippen LogP contribution in [-0.2, 0) is 22.9 Å². The zero-order valence-electron chi connectivity index (χ0n) is 16.9. The van der Waals surface area contributed by atoms with Crippen molar-refractivity contribution in [1.29, 1.82) is 0 Å². The number of rotatable bonds is 12. The van der Waals surface area contributed by atoms with Gasteiger partial charge in [0.15, 0.2) is 0 Å². The molecule has 0 radical (unpaired) electrons. The van der Waals surface area contributed by atoms with Crippen LogP contribution in [0.3, 0.4) is 0 Å². The largest absolute Gasteiger partial charge is 0.500 e. The fourth-order valence-electron chi connectivity index (χ4n) is 4.63. The van der Waals surface area contributed by atoms with Gasteiger partial charge >= 0.3 is 8.80 Å². The number of fused-ring (bicyclic) bond motifs is 2. The fraction of sp³-hybridized carbons (Fsp3) is 0.895. The molecule has 2 unspecified atom stereocenters. The SMILES string of the molecule is CCO[Si](CCCSCC12CCC(C(=O)C1=O)C2(C)C)(OCC)OCC. The highest BCUT2D eigenvalue weighted by atomic mass is 32.2. The summed E-state index contributed by atoms with van der Waals surface area (Å²) in [5.74, 6) is 1.36. The van der Waals surface area contributed by atoms with Crippen molar-refractivity contribution in [2.45, 2.75) is 59.9 Å². The summed E-state index contributed by atoms with van der Waals surface area (Å²) in [4.78, 5) is 24.8. The molecule has 150 valence electrons. The van der Waals surface area contributed by atoms with E-state index in [2.05, 4.69) is 13.8 Å². The quantitative estimate of drug-likeness (QED) is 0.282. The van der Waals surface area contributed by atoms with Gasteiger partial charge in [0.1, 0.15) is 0 Å². The lowest BCUT2D eigenvalue weighted by Crippen LogP contribution is -2.46. The molecule has 0 saturated heterocycles. The third-order valence-corrected chi connectivity index (χ3v) is 10.6. The Labute approximate surface area is 163 Å². The molecular weight excluding hydrogens is 368 g/mol. The molecular formula is C19H34O5SSi. The lowest BCUT2D eigenvalue weighted by atomic mass is 9.70. The number of ketones is 2. The van der Waals surface area contributed by atoms with Gasteiger partial charge in [-0.05, 0) is 51.2 Å². The molecule has 2 aliphatic carbocycles. The molecule has 7 heteroatoms. The third-order valence-electron chi connectivity index (χ3n) is 6.15. The maximum Gasteiger partial charge on any atom is 0.500 e. The van der Waals surface area contributed by atoms with E-state index in [4.69, 9.17) is 13.3 Å². The Hall–Kier alpha value is -0.213. The summed E-state index contributed by atoms with van der Waals surface area (Å²) >= 11 is 1.79. The van der Waals surface area contributed by atoms with Crippen LogP contribution >= 0.6 is 11.8 Å². The molecule has 0 aromatic rings. The topological polar surface area (TPSA) is 61.8 Å². The van der Waals surface area contributed by atoms with Crippen molar-refractivity contribution in [1.82, 2.24) is 0 Å². The zero-order valence-corrected chi connectivity index (χ0v) is 18.7. The van der Waals surface area contributed by atoms with E-state index in [1.165, 1.54) is 0 Å². The second kappa shape index (κ2) is 8.86. The summed E-state index contributed by atoms with van der Waals surface area (Å²) in [6, 6.07) is 0.793. The first-order chi connectivity index (χ1) is 12.3. The van der Waals surface area contributed by atoms with Gasteiger partial charge in [0, 0.05) is 37.5 Å². The summed E-state index contributed by atoms with van der Waals surface area (Å²) in [7, 11) is -2.58. The van der Waals surface area contributed by atoms with E-state index >= 15 is 0 Å². The van der Waals surface area contributed by atoms with Crippen molar-refractivity contribution in [3.63, 3.8) is 0 Å². The predicted octanol–water partition coefficient (Wildman–Crippen LogP) is 3.73. The van der Waals surface area contributed by atoms with Crippen LogP contribution < -0.4 is 0 Å². The number of Topliss-reactive ketones (excluding diaryl/α,β-unsaturated/α-hetero) is 2. The van der Waals surface area contributed by atoms with E-state index in [0.29, 0.717) is 19.8 Å². The molecule has 0 N–H and O–H groups in total. The Kier molecular flexibility index (Phi) is 7.52. The number of hydrogen-bond donors (Lipinski definition) is 0. The molecule has 26 heavy (non-hydrogen) atoms. The minimum atomic E-state index is -2.58. The van der Waals surface area contributed by atoms with E-state index < -0.39 is 14.2 Å². The Morgan fingerprint density at radius 3 is 2.12 bits per heavy atom. The molecule has 2 fully saturated rings. The van der Waals surface area contributed by atoms with Gasteiger partial charge in [-0.3, -0.25) is 9.59 Å². The Balaban J connectivity index is 1.88. The highest BCUT2D eigenvalue weighted by Gasteiger charge is 2.68. The molecule has 2 atom stereocenters. The second-order valence-electron chi connectivity index (χ2n) is 7.73. The van der Waals surface area contributed by atoms with Crippen LogP contribution in [0.15, 0.2) is 0 Å². The van der Waals surface area contributed by atoms with E-state index in [9.17, 15) is 9.59 Å². The van der Waals surface area contributed by atoms with Crippen molar-refractivity contribution >= 4 is 32.1 Å². The van der Waals surface area contributed by atoms with Gasteiger partial charge in [-0.2, -0.15) is 11.8 Å². The van der Waals surface area contributed by atoms with Gasteiger partial charge < -0.3 is 13.3 Å². The van der Waals surface area contributed by atoms with Crippen LogP contribution in [0.4, 0.5) is 0 Å². The van der Waals surface area contributed by atoms with Crippen LogP contribution in [0, 0.1) is 16.7 Å². The zero-order chi connectivity index (χ0) is 19.4. The van der Waals surface area contributed by atoms with Gasteiger partial charge in [-0.1, -0.05) is 13.8 Å². The first-order valence-corrected chi connectivity index (χ1v) is 13.0. The molecule has 0 heterocycles. The molecule has 2 bridgehead atoms. The Bertz CT molecular complexity index is 507. The highest BCUT2D eigenvalue weighted by molar-refractivity contribution is 7.99. The Morgan fingerprint density at radius 2 is 1.65 bits per heavy atom. The molecule has 0 amide bonds. The van der Waals surface area contributed by atoms with Crippen LogP contribution in [0.25, 0.3) is 0 Å². The maximum atomic E-state index is 12.6. The summed E-state index contributed by atoms with van der Waals surface area (Å²) < 4.78 is 17.7. The first kappa shape index (κ1) is 22.1. The minimum absolute atomic E-state index is 0.0653. The highest BCUT2D eigenvalue weighted by Crippen LogP contribution is 2.63. The monoisotopic (exact) mass is 402 g/mol. The van der Waals surface area contributed by atoms with Crippen molar-refractivity contribution in [2.24, 2.45) is 16.7 Å². The molecule has 2 aliphatic rings. The van der Waals surface area contributed by atoms with E-state index in [-0.39, 0.29) is 22.9 Å². The van der Waals surface area contributed by atoms with Crippen LogP contribution in [0.1, 0.15) is 53.9 Å².